The van der Waals surface area contributed by atoms with Crippen LogP contribution in [0.3, 0.4) is 0 Å². The second-order valence-electron chi connectivity index (χ2n) is 5.27. The summed E-state index contributed by atoms with van der Waals surface area (Å²) >= 11 is 5.59. The molecule has 1 fully saturated rings. The largest absolute Gasteiger partial charge is 0.396 e. The second kappa shape index (κ2) is 5.97. The van der Waals surface area contributed by atoms with Crippen molar-refractivity contribution >= 4 is 21.6 Å². The summed E-state index contributed by atoms with van der Waals surface area (Å²) in [4.78, 5) is -0.0741. The summed E-state index contributed by atoms with van der Waals surface area (Å²) in [6.07, 6.45) is 3.59. The van der Waals surface area contributed by atoms with Crippen LogP contribution in [0.4, 0.5) is 4.39 Å². The van der Waals surface area contributed by atoms with Crippen LogP contribution in [-0.2, 0) is 10.0 Å². The zero-order valence-corrected chi connectivity index (χ0v) is 12.5. The highest BCUT2D eigenvalue weighted by Gasteiger charge is 2.34. The van der Waals surface area contributed by atoms with E-state index in [0.717, 1.165) is 37.8 Å². The highest BCUT2D eigenvalue weighted by molar-refractivity contribution is 7.89. The van der Waals surface area contributed by atoms with Crippen molar-refractivity contribution in [3.63, 3.8) is 0 Å². The number of halogens is 2. The monoisotopic (exact) mass is 321 g/mol. The van der Waals surface area contributed by atoms with E-state index in [4.69, 9.17) is 11.6 Å². The molecular weight excluding hydrogens is 305 g/mol. The van der Waals surface area contributed by atoms with E-state index in [-0.39, 0.29) is 28.5 Å². The van der Waals surface area contributed by atoms with Gasteiger partial charge in [0.25, 0.3) is 0 Å². The van der Waals surface area contributed by atoms with Crippen LogP contribution in [0.1, 0.15) is 25.7 Å². The Kier molecular flexibility index (Phi) is 4.69. The summed E-state index contributed by atoms with van der Waals surface area (Å²) in [7, 11) is -3.75. The molecule has 0 unspecified atom stereocenters. The van der Waals surface area contributed by atoms with E-state index < -0.39 is 15.8 Å². The van der Waals surface area contributed by atoms with Gasteiger partial charge in [-0.2, -0.15) is 0 Å². The number of aliphatic hydroxyl groups excluding tert-OH is 1. The molecule has 0 bridgehead atoms. The third kappa shape index (κ3) is 3.31. The van der Waals surface area contributed by atoms with Crippen molar-refractivity contribution in [3.8, 4) is 0 Å². The Morgan fingerprint density at radius 3 is 2.55 bits per heavy atom. The maximum Gasteiger partial charge on any atom is 0.240 e. The van der Waals surface area contributed by atoms with Gasteiger partial charge in [-0.3, -0.25) is 0 Å². The minimum Gasteiger partial charge on any atom is -0.396 e. The molecule has 7 heteroatoms. The fourth-order valence-electron chi connectivity index (χ4n) is 2.49. The fraction of sp³-hybridized carbons (Fsp3) is 0.538. The van der Waals surface area contributed by atoms with E-state index in [1.165, 1.54) is 6.07 Å². The van der Waals surface area contributed by atoms with Crippen LogP contribution in [0.15, 0.2) is 23.1 Å². The van der Waals surface area contributed by atoms with Crippen molar-refractivity contribution in [2.75, 3.05) is 13.2 Å². The molecule has 0 radical (unpaired) electrons. The maximum absolute atomic E-state index is 13.1. The van der Waals surface area contributed by atoms with Crippen LogP contribution >= 0.6 is 11.6 Å². The molecule has 0 saturated heterocycles. The van der Waals surface area contributed by atoms with Crippen LogP contribution in [0.25, 0.3) is 0 Å². The van der Waals surface area contributed by atoms with Gasteiger partial charge in [-0.05, 0) is 31.0 Å². The Labute approximate surface area is 123 Å². The van der Waals surface area contributed by atoms with E-state index in [1.807, 2.05) is 0 Å². The molecular formula is C13H17ClFNO3S. The van der Waals surface area contributed by atoms with Crippen molar-refractivity contribution in [3.05, 3.63) is 29.0 Å². The number of aliphatic hydroxyl groups is 1. The number of benzene rings is 1. The number of rotatable bonds is 5. The summed E-state index contributed by atoms with van der Waals surface area (Å²) in [5.41, 5.74) is -0.378. The third-order valence-electron chi connectivity index (χ3n) is 3.84. The van der Waals surface area contributed by atoms with Crippen LogP contribution in [0.2, 0.25) is 5.02 Å². The lowest BCUT2D eigenvalue weighted by atomic mass is 9.88. The van der Waals surface area contributed by atoms with Gasteiger partial charge in [0.2, 0.25) is 10.0 Å². The summed E-state index contributed by atoms with van der Waals surface area (Å²) in [6, 6.07) is 3.28. The first-order valence-corrected chi connectivity index (χ1v) is 8.30. The Bertz CT molecular complexity index is 585. The number of nitrogens with one attached hydrogen (secondary N) is 1. The van der Waals surface area contributed by atoms with Crippen LogP contribution in [-0.4, -0.2) is 26.7 Å². The number of sulfonamides is 1. The topological polar surface area (TPSA) is 66.4 Å². The highest BCUT2D eigenvalue weighted by atomic mass is 35.5. The van der Waals surface area contributed by atoms with Gasteiger partial charge in [-0.25, -0.2) is 17.5 Å². The molecule has 20 heavy (non-hydrogen) atoms. The van der Waals surface area contributed by atoms with Gasteiger partial charge < -0.3 is 5.11 Å². The Balaban J connectivity index is 2.13. The van der Waals surface area contributed by atoms with Gasteiger partial charge in [0.15, 0.2) is 0 Å². The molecule has 112 valence electrons. The lowest BCUT2D eigenvalue weighted by molar-refractivity contribution is 0.134. The molecule has 2 N–H and O–H groups in total. The van der Waals surface area contributed by atoms with Crippen molar-refractivity contribution < 1.29 is 17.9 Å². The third-order valence-corrected chi connectivity index (χ3v) is 5.53. The fourth-order valence-corrected chi connectivity index (χ4v) is 3.92. The van der Waals surface area contributed by atoms with Gasteiger partial charge in [0, 0.05) is 18.6 Å². The zero-order chi connectivity index (χ0) is 14.8. The number of hydrogen-bond donors (Lipinski definition) is 2. The average molecular weight is 322 g/mol. The minimum absolute atomic E-state index is 0.0420. The molecule has 2 rings (SSSR count). The predicted octanol–water partition coefficient (Wildman–Crippen LogP) is 2.31. The van der Waals surface area contributed by atoms with Crippen LogP contribution in [0.5, 0.6) is 0 Å². The van der Waals surface area contributed by atoms with Crippen molar-refractivity contribution in [1.82, 2.24) is 4.72 Å². The van der Waals surface area contributed by atoms with Gasteiger partial charge >= 0.3 is 0 Å². The Hall–Kier alpha value is -0.690. The van der Waals surface area contributed by atoms with E-state index in [1.54, 1.807) is 0 Å². The standard InChI is InChI=1S/C13H17ClFNO3S/c14-11-7-10(3-4-12(11)15)20(18,19)16-8-13(9-17)5-1-2-6-13/h3-4,7,16-17H,1-2,5-6,8-9H2. The summed E-state index contributed by atoms with van der Waals surface area (Å²) in [5.74, 6) is -0.659. The van der Waals surface area contributed by atoms with Gasteiger partial charge in [0.05, 0.1) is 9.92 Å². The van der Waals surface area contributed by atoms with E-state index >= 15 is 0 Å². The quantitative estimate of drug-likeness (QED) is 0.874. The van der Waals surface area contributed by atoms with Crippen LogP contribution < -0.4 is 4.72 Å². The summed E-state index contributed by atoms with van der Waals surface area (Å²) in [5, 5.41) is 9.23. The van der Waals surface area contributed by atoms with Gasteiger partial charge in [-0.1, -0.05) is 24.4 Å². The SMILES string of the molecule is O=S(=O)(NCC1(CO)CCCC1)c1ccc(F)c(Cl)c1. The number of hydrogen-bond acceptors (Lipinski definition) is 3. The normalized spacial score (nSPS) is 18.4. The first kappa shape index (κ1) is 15.7. The Morgan fingerprint density at radius 1 is 1.35 bits per heavy atom. The zero-order valence-electron chi connectivity index (χ0n) is 10.9. The maximum atomic E-state index is 13.1. The van der Waals surface area contributed by atoms with Crippen molar-refractivity contribution in [1.29, 1.82) is 0 Å². The van der Waals surface area contributed by atoms with E-state index in [9.17, 15) is 17.9 Å². The molecule has 0 heterocycles. The second-order valence-corrected chi connectivity index (χ2v) is 7.44. The first-order chi connectivity index (χ1) is 9.38. The predicted molar refractivity (Wildman–Crippen MR) is 74.6 cm³/mol. The molecule has 0 aliphatic heterocycles. The molecule has 1 aromatic carbocycles. The smallest absolute Gasteiger partial charge is 0.240 e. The highest BCUT2D eigenvalue weighted by Crippen LogP contribution is 2.37. The van der Waals surface area contributed by atoms with E-state index in [2.05, 4.69) is 4.72 Å². The molecule has 0 amide bonds. The van der Waals surface area contributed by atoms with Crippen molar-refractivity contribution in [2.45, 2.75) is 30.6 Å². The Morgan fingerprint density at radius 2 is 2.00 bits per heavy atom. The molecule has 1 aromatic rings. The lowest BCUT2D eigenvalue weighted by Crippen LogP contribution is -2.38. The molecule has 0 spiro atoms. The van der Waals surface area contributed by atoms with E-state index in [0.29, 0.717) is 0 Å². The van der Waals surface area contributed by atoms with Crippen molar-refractivity contribution in [2.24, 2.45) is 5.41 Å². The summed E-state index contributed by atoms with van der Waals surface area (Å²) < 4.78 is 39.8. The molecule has 1 saturated carbocycles. The molecule has 0 atom stereocenters. The average Bonchev–Trinajstić information content (AvgIpc) is 2.89. The molecule has 0 aromatic heterocycles. The minimum atomic E-state index is -3.75. The van der Waals surface area contributed by atoms with Gasteiger partial charge in [0.1, 0.15) is 5.82 Å². The van der Waals surface area contributed by atoms with Crippen LogP contribution in [0, 0.1) is 11.2 Å². The first-order valence-electron chi connectivity index (χ1n) is 6.44. The summed E-state index contributed by atoms with van der Waals surface area (Å²) in [6.45, 7) is 0.139. The molecule has 1 aliphatic carbocycles. The molecule has 1 aliphatic rings. The molecule has 4 nitrogen and oxygen atoms in total. The lowest BCUT2D eigenvalue weighted by Gasteiger charge is -2.26. The van der Waals surface area contributed by atoms with Gasteiger partial charge in [-0.15, -0.1) is 0 Å².